The number of aryl methyl sites for hydroxylation is 1. The summed E-state index contributed by atoms with van der Waals surface area (Å²) in [6.45, 7) is 0. The highest BCUT2D eigenvalue weighted by molar-refractivity contribution is 6.09. The van der Waals surface area contributed by atoms with Gasteiger partial charge in [-0.2, -0.15) is 10.2 Å². The number of allylic oxidation sites excluding steroid dienone is 5. The van der Waals surface area contributed by atoms with Crippen LogP contribution in [0.15, 0.2) is 59.6 Å². The lowest BCUT2D eigenvalue weighted by atomic mass is 9.96. The molecular weight excluding hydrogens is 324 g/mol. The Balaban J connectivity index is 2.20. The van der Waals surface area contributed by atoms with Crippen LogP contribution >= 0.6 is 0 Å². The van der Waals surface area contributed by atoms with Crippen LogP contribution in [-0.4, -0.2) is 30.4 Å². The van der Waals surface area contributed by atoms with Crippen molar-refractivity contribution in [1.82, 2.24) is 9.55 Å². The van der Waals surface area contributed by atoms with Crippen LogP contribution in [0, 0.1) is 21.7 Å². The van der Waals surface area contributed by atoms with Crippen LogP contribution < -0.4 is 0 Å². The van der Waals surface area contributed by atoms with Gasteiger partial charge in [-0.15, -0.1) is 0 Å². The van der Waals surface area contributed by atoms with Gasteiger partial charge in [0.05, 0.1) is 22.7 Å². The molecule has 0 spiro atoms. The van der Waals surface area contributed by atoms with Crippen LogP contribution in [-0.2, 0) is 7.05 Å². The highest BCUT2D eigenvalue weighted by Crippen LogP contribution is 2.29. The molecule has 0 amide bonds. The Morgan fingerprint density at radius 2 is 2.04 bits per heavy atom. The van der Waals surface area contributed by atoms with Gasteiger partial charge in [-0.25, -0.2) is 4.98 Å². The smallest absolute Gasteiger partial charge is 0.233 e. The van der Waals surface area contributed by atoms with Gasteiger partial charge in [0.15, 0.2) is 5.92 Å². The van der Waals surface area contributed by atoms with E-state index < -0.39 is 22.3 Å². The molecule has 8 nitrogen and oxygen atoms in total. The van der Waals surface area contributed by atoms with Crippen molar-refractivity contribution in [2.24, 2.45) is 7.05 Å². The summed E-state index contributed by atoms with van der Waals surface area (Å²) in [5.74, 6) is -1.77. The number of hydrogen-bond acceptors (Lipinski definition) is 6. The summed E-state index contributed by atoms with van der Waals surface area (Å²) in [6.07, 6.45) is 3.27. The number of aromatic nitrogens is 2. The highest BCUT2D eigenvalue weighted by Gasteiger charge is 2.29. The number of benzene rings is 1. The summed E-state index contributed by atoms with van der Waals surface area (Å²) < 4.78 is 1.65. The van der Waals surface area contributed by atoms with Crippen molar-refractivity contribution >= 4 is 16.7 Å². The molecule has 126 valence electrons. The number of hydrogen-bond donors (Lipinski definition) is 2. The molecule has 1 aliphatic carbocycles. The standard InChI is InChI=1S/C17H13N4O4/c1-20-15-5-3-2-4-13(15)19-17(20)12(9-18)16(23)11-8-10(22)6-7-14(11)21(24)25/h2-8,12H,1H3,(H2-,22,23,24,25)/q-1. The second-order valence-electron chi connectivity index (χ2n) is 5.42. The number of imidazole rings is 1. The van der Waals surface area contributed by atoms with Crippen LogP contribution in [0.25, 0.3) is 11.0 Å². The van der Waals surface area contributed by atoms with Crippen LogP contribution in [0.4, 0.5) is 0 Å². The van der Waals surface area contributed by atoms with Crippen molar-refractivity contribution in [2.45, 2.75) is 5.92 Å². The molecule has 2 aromatic rings. The fourth-order valence-electron chi connectivity index (χ4n) is 2.71. The van der Waals surface area contributed by atoms with E-state index in [0.717, 1.165) is 23.7 Å². The van der Waals surface area contributed by atoms with Gasteiger partial charge in [-0.3, -0.25) is 0 Å². The number of nitrogens with zero attached hydrogens (tertiary/aromatic N) is 4. The fourth-order valence-corrected chi connectivity index (χ4v) is 2.71. The van der Waals surface area contributed by atoms with Crippen LogP contribution in [0.2, 0.25) is 0 Å². The van der Waals surface area contributed by atoms with E-state index in [0.29, 0.717) is 5.52 Å². The number of fused-ring (bicyclic) bond motifs is 1. The topological polar surface area (TPSA) is 131 Å². The van der Waals surface area contributed by atoms with Gasteiger partial charge in [0.1, 0.15) is 17.3 Å². The molecule has 1 aromatic carbocycles. The number of rotatable bonds is 2. The number of aliphatic hydroxyl groups excluding tert-OH is 2. The molecule has 1 aromatic heterocycles. The minimum absolute atomic E-state index is 0.219. The molecule has 0 aliphatic heterocycles. The van der Waals surface area contributed by atoms with E-state index in [4.69, 9.17) is 0 Å². The Labute approximate surface area is 142 Å². The Morgan fingerprint density at radius 3 is 2.68 bits per heavy atom. The third kappa shape index (κ3) is 2.68. The van der Waals surface area contributed by atoms with E-state index in [1.165, 1.54) is 0 Å². The van der Waals surface area contributed by atoms with Gasteiger partial charge in [-0.05, 0) is 24.3 Å². The Hall–Kier alpha value is -3.73. The lowest BCUT2D eigenvalue weighted by Crippen LogP contribution is -2.18. The molecule has 0 bridgehead atoms. The molecular formula is C17H13N4O4-. The summed E-state index contributed by atoms with van der Waals surface area (Å²) in [6, 6.07) is 9.12. The van der Waals surface area contributed by atoms with E-state index in [1.807, 2.05) is 18.2 Å². The molecule has 1 heterocycles. The second kappa shape index (κ2) is 6.05. The number of aliphatic hydroxyl groups is 2. The van der Waals surface area contributed by atoms with Gasteiger partial charge in [0.25, 0.3) is 0 Å². The Bertz CT molecular complexity index is 1020. The van der Waals surface area contributed by atoms with E-state index >= 15 is 0 Å². The van der Waals surface area contributed by atoms with Gasteiger partial charge in [0, 0.05) is 13.1 Å². The first kappa shape index (κ1) is 16.1. The van der Waals surface area contributed by atoms with Gasteiger partial charge < -0.3 is 25.2 Å². The molecule has 1 aliphatic rings. The Morgan fingerprint density at radius 1 is 1.32 bits per heavy atom. The first-order chi connectivity index (χ1) is 11.9. The second-order valence-corrected chi connectivity index (χ2v) is 5.42. The maximum absolute atomic E-state index is 11.2. The highest BCUT2D eigenvalue weighted by atomic mass is 16.8. The molecule has 1 unspecified atom stereocenters. The van der Waals surface area contributed by atoms with Gasteiger partial charge >= 0.3 is 0 Å². The van der Waals surface area contributed by atoms with Crippen molar-refractivity contribution in [3.8, 4) is 6.07 Å². The summed E-state index contributed by atoms with van der Waals surface area (Å²) in [5, 5.41) is 52.1. The number of nitriles is 1. The minimum Gasteiger partial charge on any atom is -0.612 e. The van der Waals surface area contributed by atoms with Crippen LogP contribution in [0.1, 0.15) is 11.7 Å². The normalized spacial score (nSPS) is 17.1. The minimum atomic E-state index is -1.22. The van der Waals surface area contributed by atoms with E-state index in [9.17, 15) is 25.9 Å². The zero-order valence-electron chi connectivity index (χ0n) is 13.1. The van der Waals surface area contributed by atoms with Crippen LogP contribution in [0.3, 0.4) is 0 Å². The molecule has 25 heavy (non-hydrogen) atoms. The third-order valence-corrected chi connectivity index (χ3v) is 3.94. The Kier molecular flexibility index (Phi) is 3.91. The van der Waals surface area contributed by atoms with Crippen LogP contribution in [0.5, 0.6) is 0 Å². The van der Waals surface area contributed by atoms with Crippen molar-refractivity contribution < 1.29 is 15.1 Å². The van der Waals surface area contributed by atoms with Crippen molar-refractivity contribution in [1.29, 1.82) is 5.26 Å². The summed E-state index contributed by atoms with van der Waals surface area (Å²) >= 11 is 0. The molecule has 2 N–H and O–H groups in total. The van der Waals surface area contributed by atoms with Crippen molar-refractivity contribution in [3.63, 3.8) is 0 Å². The number of para-hydroxylation sites is 2. The predicted molar refractivity (Wildman–Crippen MR) is 90.6 cm³/mol. The molecule has 0 radical (unpaired) electrons. The lowest BCUT2D eigenvalue weighted by molar-refractivity contribution is -0.377. The zero-order chi connectivity index (χ0) is 18.1. The SMILES string of the molecule is Cn1c(C(C#N)C(O)=C2C=C(O)C=CC2=[N+]([O-])[O-])nc2ccccc21. The molecule has 3 rings (SSSR count). The fraction of sp³-hybridized carbons (Fsp3) is 0.118. The van der Waals surface area contributed by atoms with Gasteiger partial charge in [0.2, 0.25) is 5.71 Å². The van der Waals surface area contributed by atoms with E-state index in [-0.39, 0.29) is 17.2 Å². The summed E-state index contributed by atoms with van der Waals surface area (Å²) in [4.78, 5) is 3.67. The first-order valence-electron chi connectivity index (χ1n) is 7.28. The van der Waals surface area contributed by atoms with Crippen molar-refractivity contribution in [2.75, 3.05) is 0 Å². The first-order valence-corrected chi connectivity index (χ1v) is 7.28. The summed E-state index contributed by atoms with van der Waals surface area (Å²) in [7, 11) is 1.69. The summed E-state index contributed by atoms with van der Waals surface area (Å²) in [5.41, 5.74) is 0.771. The van der Waals surface area contributed by atoms with E-state index in [1.54, 1.807) is 23.7 Å². The molecule has 1 atom stereocenters. The lowest BCUT2D eigenvalue weighted by Gasteiger charge is -2.16. The maximum Gasteiger partial charge on any atom is 0.233 e. The third-order valence-electron chi connectivity index (χ3n) is 3.94. The monoisotopic (exact) mass is 337 g/mol. The maximum atomic E-state index is 11.2. The zero-order valence-corrected chi connectivity index (χ0v) is 13.1. The van der Waals surface area contributed by atoms with E-state index in [2.05, 4.69) is 4.98 Å². The molecule has 8 heteroatoms. The average Bonchev–Trinajstić information content (AvgIpc) is 2.92. The average molecular weight is 337 g/mol. The van der Waals surface area contributed by atoms with Gasteiger partial charge in [-0.1, -0.05) is 12.1 Å². The predicted octanol–water partition coefficient (Wildman–Crippen LogP) is 2.45. The van der Waals surface area contributed by atoms with Crippen molar-refractivity contribution in [3.05, 3.63) is 75.8 Å². The molecule has 0 fully saturated rings. The quantitative estimate of drug-likeness (QED) is 0.491. The molecule has 0 saturated carbocycles. The molecule has 0 saturated heterocycles. The largest absolute Gasteiger partial charge is 0.612 e.